The van der Waals surface area contributed by atoms with Crippen molar-refractivity contribution in [2.45, 2.75) is 6.61 Å². The van der Waals surface area contributed by atoms with Crippen molar-refractivity contribution in [1.29, 1.82) is 0 Å². The van der Waals surface area contributed by atoms with Gasteiger partial charge in [-0.3, -0.25) is 0 Å². The summed E-state index contributed by atoms with van der Waals surface area (Å²) in [4.78, 5) is 0. The van der Waals surface area contributed by atoms with Gasteiger partial charge in [0.25, 0.3) is 0 Å². The molecule has 0 saturated carbocycles. The Balaban J connectivity index is 2.14. The number of rotatable bonds is 3. The van der Waals surface area contributed by atoms with Crippen molar-refractivity contribution < 1.29 is 4.74 Å². The monoisotopic (exact) mass is 460 g/mol. The van der Waals surface area contributed by atoms with Gasteiger partial charge >= 0.3 is 0 Å². The van der Waals surface area contributed by atoms with E-state index in [0.29, 0.717) is 11.1 Å². The summed E-state index contributed by atoms with van der Waals surface area (Å²) in [7, 11) is 0. The fraction of sp³-hybridized carbons (Fsp3) is 0.111. The predicted octanol–water partition coefficient (Wildman–Crippen LogP) is 5.06. The lowest BCUT2D eigenvalue weighted by Gasteiger charge is -2.09. The van der Waals surface area contributed by atoms with Crippen molar-refractivity contribution in [2.75, 3.05) is 0 Å². The van der Waals surface area contributed by atoms with Crippen LogP contribution in [0.1, 0.15) is 5.01 Å². The molecule has 0 aliphatic rings. The SMILES string of the molecule is Clc1nnc(COc2c(Br)cc(Br)cc2Br)s1. The van der Waals surface area contributed by atoms with Crippen molar-refractivity contribution in [1.82, 2.24) is 10.2 Å². The maximum atomic E-state index is 5.69. The molecule has 0 atom stereocenters. The van der Waals surface area contributed by atoms with Gasteiger partial charge in [-0.05, 0) is 55.6 Å². The second kappa shape index (κ2) is 5.97. The minimum Gasteiger partial charge on any atom is -0.484 e. The summed E-state index contributed by atoms with van der Waals surface area (Å²) in [5.74, 6) is 0.722. The van der Waals surface area contributed by atoms with Gasteiger partial charge in [-0.15, -0.1) is 10.2 Å². The van der Waals surface area contributed by atoms with Gasteiger partial charge in [-0.2, -0.15) is 0 Å². The third-order valence-electron chi connectivity index (χ3n) is 1.75. The molecule has 2 aromatic rings. The van der Waals surface area contributed by atoms with E-state index >= 15 is 0 Å². The predicted molar refractivity (Wildman–Crippen MR) is 78.8 cm³/mol. The molecule has 0 fully saturated rings. The zero-order valence-electron chi connectivity index (χ0n) is 8.08. The molecule has 1 heterocycles. The van der Waals surface area contributed by atoms with Gasteiger partial charge in [0.05, 0.1) is 8.95 Å². The summed E-state index contributed by atoms with van der Waals surface area (Å²) >= 11 is 17.2. The summed E-state index contributed by atoms with van der Waals surface area (Å²) in [6.45, 7) is 0.337. The number of halogens is 4. The molecule has 8 heteroatoms. The topological polar surface area (TPSA) is 35.0 Å². The van der Waals surface area contributed by atoms with E-state index in [4.69, 9.17) is 16.3 Å². The third kappa shape index (κ3) is 3.64. The Morgan fingerprint density at radius 2 is 1.82 bits per heavy atom. The van der Waals surface area contributed by atoms with Gasteiger partial charge < -0.3 is 4.74 Å². The molecule has 90 valence electrons. The van der Waals surface area contributed by atoms with Crippen molar-refractivity contribution >= 4 is 70.7 Å². The van der Waals surface area contributed by atoms with Gasteiger partial charge in [-0.1, -0.05) is 27.3 Å². The molecule has 0 spiro atoms. The Labute approximate surface area is 132 Å². The molecular formula is C9H4Br3ClN2OS. The maximum absolute atomic E-state index is 5.69. The Bertz CT molecular complexity index is 526. The molecule has 0 N–H and O–H groups in total. The van der Waals surface area contributed by atoms with Crippen LogP contribution in [0.25, 0.3) is 0 Å². The van der Waals surface area contributed by atoms with Crippen LogP contribution < -0.4 is 4.74 Å². The lowest BCUT2D eigenvalue weighted by atomic mass is 10.3. The van der Waals surface area contributed by atoms with E-state index in [2.05, 4.69) is 58.0 Å². The molecule has 0 aliphatic heterocycles. The molecule has 0 radical (unpaired) electrons. The quantitative estimate of drug-likeness (QED) is 0.639. The summed E-state index contributed by atoms with van der Waals surface area (Å²) in [6, 6.07) is 3.82. The molecular weight excluding hydrogens is 459 g/mol. The average molecular weight is 463 g/mol. The molecule has 0 aliphatic carbocycles. The van der Waals surface area contributed by atoms with Crippen LogP contribution in [0.3, 0.4) is 0 Å². The Kier molecular flexibility index (Phi) is 4.82. The molecule has 17 heavy (non-hydrogen) atoms. The summed E-state index contributed by atoms with van der Waals surface area (Å²) in [5.41, 5.74) is 0. The Morgan fingerprint density at radius 1 is 1.18 bits per heavy atom. The number of aromatic nitrogens is 2. The summed E-state index contributed by atoms with van der Waals surface area (Å²) in [5, 5.41) is 8.32. The highest BCUT2D eigenvalue weighted by Gasteiger charge is 2.10. The van der Waals surface area contributed by atoms with Crippen molar-refractivity contribution in [3.8, 4) is 5.75 Å². The van der Waals surface area contributed by atoms with E-state index in [1.54, 1.807) is 0 Å². The highest BCUT2D eigenvalue weighted by atomic mass is 79.9. The number of hydrogen-bond donors (Lipinski definition) is 0. The van der Waals surface area contributed by atoms with Crippen LogP contribution in [0, 0.1) is 0 Å². The molecule has 0 amide bonds. The molecule has 0 unspecified atom stereocenters. The first-order valence-electron chi connectivity index (χ1n) is 4.31. The van der Waals surface area contributed by atoms with Crippen LogP contribution in [-0.4, -0.2) is 10.2 Å². The molecule has 0 bridgehead atoms. The van der Waals surface area contributed by atoms with Crippen LogP contribution in [-0.2, 0) is 6.61 Å². The lowest BCUT2D eigenvalue weighted by molar-refractivity contribution is 0.300. The molecule has 0 saturated heterocycles. The van der Waals surface area contributed by atoms with Crippen molar-refractivity contribution in [3.05, 3.63) is 35.0 Å². The number of benzene rings is 1. The molecule has 3 nitrogen and oxygen atoms in total. The smallest absolute Gasteiger partial charge is 0.207 e. The first-order valence-corrected chi connectivity index (χ1v) is 7.89. The minimum atomic E-state index is 0.337. The second-order valence-electron chi connectivity index (χ2n) is 2.94. The highest BCUT2D eigenvalue weighted by Crippen LogP contribution is 2.37. The zero-order chi connectivity index (χ0) is 12.4. The van der Waals surface area contributed by atoms with Crippen LogP contribution in [0.4, 0.5) is 0 Å². The van der Waals surface area contributed by atoms with E-state index in [9.17, 15) is 0 Å². The second-order valence-corrected chi connectivity index (χ2v) is 7.20. The fourth-order valence-electron chi connectivity index (χ4n) is 1.09. The van der Waals surface area contributed by atoms with Gasteiger partial charge in [0, 0.05) is 4.47 Å². The summed E-state index contributed by atoms with van der Waals surface area (Å²) in [6.07, 6.45) is 0. The fourth-order valence-corrected chi connectivity index (χ4v) is 4.36. The normalized spacial score (nSPS) is 10.6. The van der Waals surface area contributed by atoms with E-state index in [1.807, 2.05) is 12.1 Å². The average Bonchev–Trinajstić information content (AvgIpc) is 2.62. The van der Waals surface area contributed by atoms with E-state index in [1.165, 1.54) is 11.3 Å². The largest absolute Gasteiger partial charge is 0.484 e. The Hall–Kier alpha value is 0.310. The van der Waals surface area contributed by atoms with Crippen LogP contribution in [0.15, 0.2) is 25.6 Å². The van der Waals surface area contributed by atoms with Gasteiger partial charge in [0.2, 0.25) is 4.47 Å². The lowest BCUT2D eigenvalue weighted by Crippen LogP contribution is -1.96. The summed E-state index contributed by atoms with van der Waals surface area (Å²) < 4.78 is 8.74. The molecule has 1 aromatic heterocycles. The van der Waals surface area contributed by atoms with Gasteiger partial charge in [-0.25, -0.2) is 0 Å². The minimum absolute atomic E-state index is 0.337. The molecule has 1 aromatic carbocycles. The van der Waals surface area contributed by atoms with Crippen LogP contribution in [0.2, 0.25) is 4.47 Å². The van der Waals surface area contributed by atoms with Crippen LogP contribution >= 0.6 is 70.7 Å². The van der Waals surface area contributed by atoms with Gasteiger partial charge in [0.15, 0.2) is 5.01 Å². The Morgan fingerprint density at radius 3 is 2.35 bits per heavy atom. The first kappa shape index (κ1) is 13.7. The number of ether oxygens (including phenoxy) is 1. The van der Waals surface area contributed by atoms with Gasteiger partial charge in [0.1, 0.15) is 12.4 Å². The number of nitrogens with zero attached hydrogens (tertiary/aromatic N) is 2. The third-order valence-corrected chi connectivity index (χ3v) is 4.37. The first-order chi connectivity index (χ1) is 8.06. The van der Waals surface area contributed by atoms with Crippen molar-refractivity contribution in [3.63, 3.8) is 0 Å². The standard InChI is InChI=1S/C9H4Br3ClN2OS/c10-4-1-5(11)8(6(12)2-4)16-3-7-14-15-9(13)17-7/h1-2H,3H2. The van der Waals surface area contributed by atoms with Crippen molar-refractivity contribution in [2.24, 2.45) is 0 Å². The van der Waals surface area contributed by atoms with E-state index in [0.717, 1.165) is 24.2 Å². The maximum Gasteiger partial charge on any atom is 0.207 e. The molecule has 2 rings (SSSR count). The van der Waals surface area contributed by atoms with E-state index in [-0.39, 0.29) is 0 Å². The number of hydrogen-bond acceptors (Lipinski definition) is 4. The zero-order valence-corrected chi connectivity index (χ0v) is 14.4. The van der Waals surface area contributed by atoms with E-state index < -0.39 is 0 Å². The van der Waals surface area contributed by atoms with Crippen LogP contribution in [0.5, 0.6) is 5.75 Å². The highest BCUT2D eigenvalue weighted by molar-refractivity contribution is 9.11.